The van der Waals surface area contributed by atoms with Gasteiger partial charge in [0.15, 0.2) is 15.8 Å². The number of nitrogens with one attached hydrogen (secondary N) is 1. The van der Waals surface area contributed by atoms with Crippen molar-refractivity contribution in [2.75, 3.05) is 39.0 Å². The fraction of sp³-hybridized carbons (Fsp3) is 0.611. The molecule has 2 rings (SSSR count). The Morgan fingerprint density at radius 3 is 2.74 bits per heavy atom. The Bertz CT molecular complexity index is 753. The molecule has 2 N–H and O–H groups in total. The Kier molecular flexibility index (Phi) is 8.81. The minimum atomic E-state index is -3.11. The summed E-state index contributed by atoms with van der Waals surface area (Å²) in [6, 6.07) is 7.25. The molecule has 0 aromatic heterocycles. The highest BCUT2D eigenvalue weighted by Crippen LogP contribution is 2.24. The zero-order chi connectivity index (χ0) is 19.4. The third kappa shape index (κ3) is 5.95. The van der Waals surface area contributed by atoms with E-state index < -0.39 is 20.7 Å². The number of nitrogens with zero attached hydrogens (tertiary/aromatic N) is 2. The molecule has 0 amide bonds. The van der Waals surface area contributed by atoms with Gasteiger partial charge in [-0.3, -0.25) is 4.99 Å². The molecular formula is C18H30IN3O4S. The van der Waals surface area contributed by atoms with E-state index in [1.165, 1.54) is 0 Å². The summed E-state index contributed by atoms with van der Waals surface area (Å²) in [6.07, 6.45) is -0.764. The lowest BCUT2D eigenvalue weighted by atomic mass is 10.1. The minimum absolute atomic E-state index is 0. The Balaban J connectivity index is 0.00000364. The van der Waals surface area contributed by atoms with Crippen LogP contribution in [0.4, 0.5) is 0 Å². The van der Waals surface area contributed by atoms with Crippen molar-refractivity contribution >= 4 is 39.8 Å². The van der Waals surface area contributed by atoms with E-state index in [2.05, 4.69) is 10.3 Å². The molecule has 1 heterocycles. The lowest BCUT2D eigenvalue weighted by Gasteiger charge is -2.39. The van der Waals surface area contributed by atoms with Gasteiger partial charge < -0.3 is 20.1 Å². The average Bonchev–Trinajstić information content (AvgIpc) is 2.60. The number of benzene rings is 1. The van der Waals surface area contributed by atoms with Crippen molar-refractivity contribution in [3.8, 4) is 5.75 Å². The summed E-state index contributed by atoms with van der Waals surface area (Å²) in [5.74, 6) is 1.40. The summed E-state index contributed by atoms with van der Waals surface area (Å²) < 4.78 is 28.8. The number of aliphatic hydroxyl groups excluding tert-OH is 1. The summed E-state index contributed by atoms with van der Waals surface area (Å²) in [6.45, 7) is 7.05. The first-order valence-corrected chi connectivity index (χ1v) is 10.4. The van der Waals surface area contributed by atoms with E-state index in [4.69, 9.17) is 4.74 Å². The van der Waals surface area contributed by atoms with Crippen LogP contribution in [0.5, 0.6) is 5.75 Å². The number of hydrogen-bond donors (Lipinski definition) is 2. The summed E-state index contributed by atoms with van der Waals surface area (Å²) in [4.78, 5) is 6.48. The predicted octanol–water partition coefficient (Wildman–Crippen LogP) is 1.82. The first-order valence-electron chi connectivity index (χ1n) is 8.78. The van der Waals surface area contributed by atoms with Gasteiger partial charge in [-0.25, -0.2) is 8.42 Å². The van der Waals surface area contributed by atoms with Crippen molar-refractivity contribution in [3.63, 3.8) is 0 Å². The zero-order valence-corrected chi connectivity index (χ0v) is 19.5. The molecule has 1 unspecified atom stereocenters. The third-order valence-corrected chi connectivity index (χ3v) is 7.10. The summed E-state index contributed by atoms with van der Waals surface area (Å²) in [7, 11) is -1.53. The number of methoxy groups -OCH3 is 1. The standard InChI is InChI=1S/C18H29N3O4S.HI/c1-5-19-17(21-9-10-26(23,24)18(2,3)13-21)20-12-16(22)14-7-6-8-15(11-14)25-4;/h6-8,11,16,22H,5,9-10,12-13H2,1-4H3,(H,19,20);1H. The molecular weight excluding hydrogens is 481 g/mol. The normalized spacial score (nSPS) is 19.7. The highest BCUT2D eigenvalue weighted by atomic mass is 127. The average molecular weight is 511 g/mol. The lowest BCUT2D eigenvalue weighted by Crippen LogP contribution is -2.57. The van der Waals surface area contributed by atoms with Crippen LogP contribution in [0.3, 0.4) is 0 Å². The maximum Gasteiger partial charge on any atom is 0.194 e. The molecule has 1 aromatic carbocycles. The van der Waals surface area contributed by atoms with Crippen LogP contribution in [0, 0.1) is 0 Å². The SMILES string of the molecule is CCNC(=NCC(O)c1cccc(OC)c1)N1CCS(=O)(=O)C(C)(C)C1.I. The van der Waals surface area contributed by atoms with Crippen molar-refractivity contribution in [2.24, 2.45) is 4.99 Å². The molecule has 0 saturated carbocycles. The number of aliphatic hydroxyl groups is 1. The van der Waals surface area contributed by atoms with Gasteiger partial charge in [-0.15, -0.1) is 24.0 Å². The zero-order valence-electron chi connectivity index (χ0n) is 16.3. The van der Waals surface area contributed by atoms with Gasteiger partial charge in [0.25, 0.3) is 0 Å². The van der Waals surface area contributed by atoms with E-state index in [9.17, 15) is 13.5 Å². The van der Waals surface area contributed by atoms with Gasteiger partial charge in [0.1, 0.15) is 5.75 Å². The van der Waals surface area contributed by atoms with Crippen molar-refractivity contribution < 1.29 is 18.3 Å². The van der Waals surface area contributed by atoms with E-state index in [0.717, 1.165) is 5.56 Å². The molecule has 0 bridgehead atoms. The summed E-state index contributed by atoms with van der Waals surface area (Å²) in [5.41, 5.74) is 0.727. The fourth-order valence-corrected chi connectivity index (χ4v) is 4.24. The topological polar surface area (TPSA) is 91.2 Å². The molecule has 1 atom stereocenters. The number of ether oxygens (including phenoxy) is 1. The Hall–Kier alpha value is -1.07. The van der Waals surface area contributed by atoms with Crippen LogP contribution in [0.1, 0.15) is 32.4 Å². The number of halogens is 1. The highest BCUT2D eigenvalue weighted by molar-refractivity contribution is 14.0. The van der Waals surface area contributed by atoms with Gasteiger partial charge in [0, 0.05) is 19.6 Å². The second kappa shape index (κ2) is 9.92. The third-order valence-electron chi connectivity index (χ3n) is 4.57. The molecule has 154 valence electrons. The Morgan fingerprint density at radius 1 is 1.44 bits per heavy atom. The molecule has 1 fully saturated rings. The molecule has 1 saturated heterocycles. The number of hydrogen-bond acceptors (Lipinski definition) is 5. The maximum absolute atomic E-state index is 12.2. The predicted molar refractivity (Wildman–Crippen MR) is 119 cm³/mol. The second-order valence-corrected chi connectivity index (χ2v) is 9.73. The van der Waals surface area contributed by atoms with Crippen LogP contribution in [-0.2, 0) is 9.84 Å². The van der Waals surface area contributed by atoms with Crippen molar-refractivity contribution in [2.45, 2.75) is 31.6 Å². The summed E-state index contributed by atoms with van der Waals surface area (Å²) >= 11 is 0. The molecule has 0 radical (unpaired) electrons. The number of aliphatic imine (C=N–C) groups is 1. The summed E-state index contributed by atoms with van der Waals surface area (Å²) in [5, 5.41) is 13.6. The monoisotopic (exact) mass is 511 g/mol. The van der Waals surface area contributed by atoms with Gasteiger partial charge in [-0.05, 0) is 38.5 Å². The second-order valence-electron chi connectivity index (χ2n) is 6.99. The minimum Gasteiger partial charge on any atom is -0.497 e. The number of sulfone groups is 1. The molecule has 1 aromatic rings. The van der Waals surface area contributed by atoms with Crippen molar-refractivity contribution in [3.05, 3.63) is 29.8 Å². The van der Waals surface area contributed by atoms with Crippen LogP contribution in [-0.4, -0.2) is 68.2 Å². The van der Waals surface area contributed by atoms with Crippen LogP contribution < -0.4 is 10.1 Å². The molecule has 0 spiro atoms. The molecule has 0 aliphatic carbocycles. The van der Waals surface area contributed by atoms with E-state index >= 15 is 0 Å². The largest absolute Gasteiger partial charge is 0.497 e. The fourth-order valence-electron chi connectivity index (χ4n) is 2.88. The molecule has 1 aliphatic rings. The Labute approximate surface area is 179 Å². The van der Waals surface area contributed by atoms with Gasteiger partial charge >= 0.3 is 0 Å². The molecule has 9 heteroatoms. The quantitative estimate of drug-likeness (QED) is 0.356. The lowest BCUT2D eigenvalue weighted by molar-refractivity contribution is 0.186. The van der Waals surface area contributed by atoms with Gasteiger partial charge in [-0.1, -0.05) is 12.1 Å². The van der Waals surface area contributed by atoms with E-state index in [1.54, 1.807) is 27.0 Å². The van der Waals surface area contributed by atoms with E-state index in [0.29, 0.717) is 31.3 Å². The van der Waals surface area contributed by atoms with Gasteiger partial charge in [0.2, 0.25) is 0 Å². The van der Waals surface area contributed by atoms with Crippen LogP contribution >= 0.6 is 24.0 Å². The Morgan fingerprint density at radius 2 is 2.15 bits per heavy atom. The smallest absolute Gasteiger partial charge is 0.194 e. The van der Waals surface area contributed by atoms with Gasteiger partial charge in [0.05, 0.1) is 30.3 Å². The van der Waals surface area contributed by atoms with Crippen LogP contribution in [0.15, 0.2) is 29.3 Å². The van der Waals surface area contributed by atoms with E-state index in [-0.39, 0.29) is 36.3 Å². The van der Waals surface area contributed by atoms with E-state index in [1.807, 2.05) is 30.0 Å². The van der Waals surface area contributed by atoms with Crippen molar-refractivity contribution in [1.29, 1.82) is 0 Å². The van der Waals surface area contributed by atoms with Crippen molar-refractivity contribution in [1.82, 2.24) is 10.2 Å². The molecule has 1 aliphatic heterocycles. The first kappa shape index (κ1) is 24.0. The molecule has 27 heavy (non-hydrogen) atoms. The van der Waals surface area contributed by atoms with Crippen LogP contribution in [0.2, 0.25) is 0 Å². The highest BCUT2D eigenvalue weighted by Gasteiger charge is 2.40. The maximum atomic E-state index is 12.2. The van der Waals surface area contributed by atoms with Crippen LogP contribution in [0.25, 0.3) is 0 Å². The number of guanidine groups is 1. The molecule has 7 nitrogen and oxygen atoms in total. The first-order chi connectivity index (χ1) is 12.2. The van der Waals surface area contributed by atoms with Gasteiger partial charge in [-0.2, -0.15) is 0 Å². The number of rotatable bonds is 5.